The number of fused-ring (bicyclic) bond motifs is 1. The number of nitrogens with zero attached hydrogens (tertiary/aromatic N) is 2. The Morgan fingerprint density at radius 1 is 1.08 bits per heavy atom. The molecule has 0 aromatic heterocycles. The molecule has 0 N–H and O–H groups in total. The number of halogens is 2. The molecule has 0 saturated carbocycles. The number of nitriles is 1. The molecule has 0 atom stereocenters. The van der Waals surface area contributed by atoms with Crippen molar-refractivity contribution in [2.24, 2.45) is 0 Å². The van der Waals surface area contributed by atoms with Gasteiger partial charge in [0.2, 0.25) is 9.84 Å². The topological polar surface area (TPSA) is 70.4 Å². The molecule has 2 aromatic carbocycles. The van der Waals surface area contributed by atoms with Gasteiger partial charge in [-0.3, -0.25) is 0 Å². The average Bonchev–Trinajstić information content (AvgIpc) is 2.54. The van der Waals surface area contributed by atoms with Crippen LogP contribution in [0.5, 0.6) is 5.75 Å². The first-order chi connectivity index (χ1) is 11.4. The minimum atomic E-state index is -3.89. The van der Waals surface area contributed by atoms with Crippen molar-refractivity contribution in [3.05, 3.63) is 57.5 Å². The number of methoxy groups -OCH3 is 1. The molecule has 0 amide bonds. The summed E-state index contributed by atoms with van der Waals surface area (Å²) in [6, 6.07) is 11.0. The van der Waals surface area contributed by atoms with Crippen LogP contribution in [0.3, 0.4) is 0 Å². The zero-order chi connectivity index (χ0) is 17.5. The van der Waals surface area contributed by atoms with Gasteiger partial charge in [-0.25, -0.2) is 8.42 Å². The first-order valence-electron chi connectivity index (χ1n) is 6.68. The van der Waals surface area contributed by atoms with E-state index in [1.807, 2.05) is 0 Å². The summed E-state index contributed by atoms with van der Waals surface area (Å²) in [5.41, 5.74) is 0.818. The van der Waals surface area contributed by atoms with Gasteiger partial charge in [-0.1, -0.05) is 23.2 Å². The predicted molar refractivity (Wildman–Crippen MR) is 92.5 cm³/mol. The molecule has 0 saturated heterocycles. The van der Waals surface area contributed by atoms with Crippen molar-refractivity contribution in [1.29, 1.82) is 5.26 Å². The van der Waals surface area contributed by atoms with Gasteiger partial charge in [0.05, 0.1) is 23.4 Å². The Balaban J connectivity index is 2.35. The zero-order valence-corrected chi connectivity index (χ0v) is 14.7. The summed E-state index contributed by atoms with van der Waals surface area (Å²) in [4.78, 5) is 1.15. The fourth-order valence-corrected chi connectivity index (χ4v) is 4.03. The van der Waals surface area contributed by atoms with Crippen LogP contribution in [0, 0.1) is 11.3 Å². The lowest BCUT2D eigenvalue weighted by Crippen LogP contribution is -2.21. The number of rotatable bonds is 2. The SMILES string of the molecule is COc1ccc(Cl)cc1N1C=C(C#N)S(=O)(=O)c2ccc(Cl)cc21. The molecule has 1 aliphatic heterocycles. The molecule has 3 rings (SSSR count). The normalized spacial score (nSPS) is 15.2. The van der Waals surface area contributed by atoms with Crippen LogP contribution >= 0.6 is 23.2 Å². The van der Waals surface area contributed by atoms with Gasteiger partial charge in [0.25, 0.3) is 0 Å². The Hall–Kier alpha value is -2.20. The van der Waals surface area contributed by atoms with Crippen molar-refractivity contribution < 1.29 is 13.2 Å². The van der Waals surface area contributed by atoms with Crippen LogP contribution in [0.15, 0.2) is 52.4 Å². The fourth-order valence-electron chi connectivity index (χ4n) is 2.42. The van der Waals surface area contributed by atoms with Gasteiger partial charge < -0.3 is 9.64 Å². The summed E-state index contributed by atoms with van der Waals surface area (Å²) < 4.78 is 30.4. The third-order valence-corrected chi connectivity index (χ3v) is 5.69. The van der Waals surface area contributed by atoms with E-state index in [9.17, 15) is 13.7 Å². The fraction of sp³-hybridized carbons (Fsp3) is 0.0625. The molecular formula is C16H10Cl2N2O3S. The van der Waals surface area contributed by atoms with Crippen LogP contribution in [0.25, 0.3) is 0 Å². The van der Waals surface area contributed by atoms with Crippen molar-refractivity contribution >= 4 is 44.4 Å². The maximum absolute atomic E-state index is 12.5. The van der Waals surface area contributed by atoms with Crippen LogP contribution in [-0.2, 0) is 9.84 Å². The second kappa shape index (κ2) is 6.02. The Morgan fingerprint density at radius 2 is 1.71 bits per heavy atom. The number of allylic oxidation sites excluding steroid dienone is 1. The molecule has 0 radical (unpaired) electrons. The maximum atomic E-state index is 12.5. The largest absolute Gasteiger partial charge is 0.495 e. The second-order valence-electron chi connectivity index (χ2n) is 4.91. The average molecular weight is 381 g/mol. The van der Waals surface area contributed by atoms with E-state index in [0.29, 0.717) is 27.2 Å². The molecule has 8 heteroatoms. The first kappa shape index (κ1) is 16.7. The van der Waals surface area contributed by atoms with Crippen LogP contribution in [0.4, 0.5) is 11.4 Å². The lowest BCUT2D eigenvalue weighted by molar-refractivity contribution is 0.416. The van der Waals surface area contributed by atoms with E-state index >= 15 is 0 Å². The molecular weight excluding hydrogens is 371 g/mol. The Kier molecular flexibility index (Phi) is 4.18. The van der Waals surface area contributed by atoms with Gasteiger partial charge in [0, 0.05) is 16.2 Å². The van der Waals surface area contributed by atoms with E-state index in [1.165, 1.54) is 36.4 Å². The highest BCUT2D eigenvalue weighted by atomic mass is 35.5. The molecule has 0 fully saturated rings. The summed E-state index contributed by atoms with van der Waals surface area (Å²) in [6.07, 6.45) is 1.24. The molecule has 1 heterocycles. The van der Waals surface area contributed by atoms with E-state index in [0.717, 1.165) is 0 Å². The molecule has 24 heavy (non-hydrogen) atoms. The smallest absolute Gasteiger partial charge is 0.220 e. The number of sulfone groups is 1. The summed E-state index contributed by atoms with van der Waals surface area (Å²) >= 11 is 12.1. The van der Waals surface area contributed by atoms with Crippen molar-refractivity contribution in [2.45, 2.75) is 4.90 Å². The van der Waals surface area contributed by atoms with E-state index in [1.54, 1.807) is 24.3 Å². The molecule has 0 spiro atoms. The van der Waals surface area contributed by atoms with Gasteiger partial charge in [-0.2, -0.15) is 5.26 Å². The number of hydrogen-bond donors (Lipinski definition) is 0. The van der Waals surface area contributed by atoms with Crippen molar-refractivity contribution in [2.75, 3.05) is 12.0 Å². The predicted octanol–water partition coefficient (Wildman–Crippen LogP) is 4.29. The van der Waals surface area contributed by atoms with Crippen LogP contribution in [0.1, 0.15) is 0 Å². The molecule has 122 valence electrons. The lowest BCUT2D eigenvalue weighted by Gasteiger charge is -2.28. The van der Waals surface area contributed by atoms with Crippen LogP contribution in [0.2, 0.25) is 10.0 Å². The maximum Gasteiger partial charge on any atom is 0.220 e. The van der Waals surface area contributed by atoms with Crippen molar-refractivity contribution in [3.8, 4) is 11.8 Å². The van der Waals surface area contributed by atoms with E-state index < -0.39 is 9.84 Å². The summed E-state index contributed by atoms with van der Waals surface area (Å²) in [5, 5.41) is 10.0. The lowest BCUT2D eigenvalue weighted by atomic mass is 10.2. The van der Waals surface area contributed by atoms with E-state index in [2.05, 4.69) is 0 Å². The van der Waals surface area contributed by atoms with Gasteiger partial charge in [0.1, 0.15) is 11.8 Å². The Morgan fingerprint density at radius 3 is 2.33 bits per heavy atom. The molecule has 1 aliphatic rings. The molecule has 2 aromatic rings. The van der Waals surface area contributed by atoms with Crippen LogP contribution in [-0.4, -0.2) is 15.5 Å². The number of ether oxygens (including phenoxy) is 1. The molecule has 0 aliphatic carbocycles. The van der Waals surface area contributed by atoms with Crippen molar-refractivity contribution in [3.63, 3.8) is 0 Å². The highest BCUT2D eigenvalue weighted by Crippen LogP contribution is 2.44. The number of anilines is 2. The van der Waals surface area contributed by atoms with Gasteiger partial charge in [0.15, 0.2) is 4.91 Å². The first-order valence-corrected chi connectivity index (χ1v) is 8.91. The minimum Gasteiger partial charge on any atom is -0.495 e. The third-order valence-electron chi connectivity index (χ3n) is 3.52. The highest BCUT2D eigenvalue weighted by molar-refractivity contribution is 7.95. The Bertz CT molecular complexity index is 1010. The van der Waals surface area contributed by atoms with E-state index in [4.69, 9.17) is 27.9 Å². The molecule has 0 bridgehead atoms. The Labute approximate surface area is 149 Å². The van der Waals surface area contributed by atoms with E-state index in [-0.39, 0.29) is 9.80 Å². The summed E-state index contributed by atoms with van der Waals surface area (Å²) in [7, 11) is -2.41. The van der Waals surface area contributed by atoms with Crippen molar-refractivity contribution in [1.82, 2.24) is 0 Å². The highest BCUT2D eigenvalue weighted by Gasteiger charge is 2.33. The van der Waals surface area contributed by atoms with Crippen LogP contribution < -0.4 is 9.64 Å². The quantitative estimate of drug-likeness (QED) is 0.776. The minimum absolute atomic E-state index is 0.00650. The monoisotopic (exact) mass is 380 g/mol. The van der Waals surface area contributed by atoms with Gasteiger partial charge >= 0.3 is 0 Å². The molecule has 0 unspecified atom stereocenters. The summed E-state index contributed by atoms with van der Waals surface area (Å²) in [6.45, 7) is 0. The summed E-state index contributed by atoms with van der Waals surface area (Å²) in [5.74, 6) is 0.471. The standard InChI is InChI=1S/C16H10Cl2N2O3S/c1-23-15-4-2-10(17)6-13(15)20-9-12(8-19)24(21,22)16-5-3-11(18)7-14(16)20/h2-7,9H,1H3. The number of benzene rings is 2. The molecule has 5 nitrogen and oxygen atoms in total. The van der Waals surface area contributed by atoms with Gasteiger partial charge in [-0.05, 0) is 36.4 Å². The third kappa shape index (κ3) is 2.61. The number of hydrogen-bond acceptors (Lipinski definition) is 5. The second-order valence-corrected chi connectivity index (χ2v) is 7.67. The zero-order valence-electron chi connectivity index (χ0n) is 12.3. The van der Waals surface area contributed by atoms with Gasteiger partial charge in [-0.15, -0.1) is 0 Å².